The van der Waals surface area contributed by atoms with Crippen molar-refractivity contribution in [1.29, 1.82) is 0 Å². The van der Waals surface area contributed by atoms with Crippen LogP contribution in [0.2, 0.25) is 0 Å². The lowest BCUT2D eigenvalue weighted by molar-refractivity contribution is -0.129. The molecule has 0 radical (unpaired) electrons. The van der Waals surface area contributed by atoms with E-state index in [1.54, 1.807) is 13.2 Å². The number of aliphatic hydroxyl groups is 1. The monoisotopic (exact) mass is 367 g/mol. The minimum Gasteiger partial charge on any atom is -0.493 e. The fourth-order valence-electron chi connectivity index (χ4n) is 2.63. The minimum atomic E-state index is -1.01. The Labute approximate surface area is 160 Å². The average Bonchev–Trinajstić information content (AvgIpc) is 2.71. The number of aliphatic hydroxyl groups excluding tert-OH is 1. The fourth-order valence-corrected chi connectivity index (χ4v) is 2.63. The molecule has 1 atom stereocenters. The number of terminal acetylenes is 1. The quantitative estimate of drug-likeness (QED) is 0.633. The lowest BCUT2D eigenvalue weighted by Gasteiger charge is -2.13. The molecule has 0 aromatic heterocycles. The topological polar surface area (TPSA) is 67.8 Å². The molecule has 0 saturated heterocycles. The normalized spacial score (nSPS) is 11.3. The molecular weight excluding hydrogens is 342 g/mol. The van der Waals surface area contributed by atoms with Gasteiger partial charge in [0.05, 0.1) is 7.11 Å². The number of carbonyl (C=O) groups excluding carboxylic acids is 1. The van der Waals surface area contributed by atoms with Crippen LogP contribution in [0.1, 0.15) is 17.5 Å². The van der Waals surface area contributed by atoms with E-state index in [4.69, 9.17) is 15.9 Å². The van der Waals surface area contributed by atoms with Gasteiger partial charge < -0.3 is 19.9 Å². The van der Waals surface area contributed by atoms with Crippen molar-refractivity contribution in [3.8, 4) is 23.8 Å². The Hall–Kier alpha value is -2.97. The van der Waals surface area contributed by atoms with Crippen LogP contribution in [0.4, 0.5) is 0 Å². The van der Waals surface area contributed by atoms with E-state index in [1.807, 2.05) is 42.5 Å². The molecule has 0 aliphatic heterocycles. The summed E-state index contributed by atoms with van der Waals surface area (Å²) in [6.07, 6.45) is 5.85. The van der Waals surface area contributed by atoms with Gasteiger partial charge in [-0.3, -0.25) is 4.79 Å². The van der Waals surface area contributed by atoms with Crippen molar-refractivity contribution in [3.05, 3.63) is 59.7 Å². The maximum atomic E-state index is 12.0. The summed E-state index contributed by atoms with van der Waals surface area (Å²) in [4.78, 5) is 12.0. The first-order valence-electron chi connectivity index (χ1n) is 8.87. The van der Waals surface area contributed by atoms with Crippen LogP contribution in [0.25, 0.3) is 0 Å². The molecule has 0 bridgehead atoms. The van der Waals surface area contributed by atoms with Crippen molar-refractivity contribution >= 4 is 5.91 Å². The molecule has 0 spiro atoms. The van der Waals surface area contributed by atoms with Crippen molar-refractivity contribution in [2.24, 2.45) is 0 Å². The second-order valence-corrected chi connectivity index (χ2v) is 6.06. The zero-order chi connectivity index (χ0) is 19.5. The molecule has 0 aliphatic rings. The van der Waals surface area contributed by atoms with Crippen LogP contribution in [0, 0.1) is 12.3 Å². The van der Waals surface area contributed by atoms with E-state index in [9.17, 15) is 9.90 Å². The van der Waals surface area contributed by atoms with E-state index in [-0.39, 0.29) is 12.5 Å². The first kappa shape index (κ1) is 20.3. The summed E-state index contributed by atoms with van der Waals surface area (Å²) >= 11 is 0. The van der Waals surface area contributed by atoms with Crippen molar-refractivity contribution in [2.75, 3.05) is 20.3 Å². The van der Waals surface area contributed by atoms with Crippen LogP contribution in [-0.4, -0.2) is 37.4 Å². The first-order chi connectivity index (χ1) is 13.1. The summed E-state index contributed by atoms with van der Waals surface area (Å²) in [5.41, 5.74) is 2.09. The predicted octanol–water partition coefficient (Wildman–Crippen LogP) is 2.36. The second kappa shape index (κ2) is 10.9. The Kier molecular flexibility index (Phi) is 8.21. The van der Waals surface area contributed by atoms with E-state index in [0.717, 1.165) is 11.1 Å². The molecule has 0 fully saturated rings. The Morgan fingerprint density at radius 1 is 1.15 bits per heavy atom. The number of ether oxygens (including phenoxy) is 2. The maximum absolute atomic E-state index is 12.0. The van der Waals surface area contributed by atoms with Gasteiger partial charge in [-0.15, -0.1) is 6.42 Å². The van der Waals surface area contributed by atoms with E-state index in [2.05, 4.69) is 11.2 Å². The van der Waals surface area contributed by atoms with E-state index < -0.39 is 6.10 Å². The van der Waals surface area contributed by atoms with Gasteiger partial charge in [-0.1, -0.05) is 42.3 Å². The number of rotatable bonds is 10. The number of hydrogen-bond donors (Lipinski definition) is 2. The molecule has 2 rings (SSSR count). The molecule has 2 N–H and O–H groups in total. The van der Waals surface area contributed by atoms with E-state index in [0.29, 0.717) is 37.3 Å². The molecule has 1 unspecified atom stereocenters. The molecular formula is C22H25NO4. The molecule has 2 aromatic rings. The molecule has 1 amide bonds. The highest BCUT2D eigenvalue weighted by Gasteiger charge is 2.14. The smallest absolute Gasteiger partial charge is 0.248 e. The van der Waals surface area contributed by atoms with Crippen LogP contribution < -0.4 is 14.8 Å². The largest absolute Gasteiger partial charge is 0.493 e. The number of benzene rings is 2. The maximum Gasteiger partial charge on any atom is 0.248 e. The van der Waals surface area contributed by atoms with E-state index >= 15 is 0 Å². The minimum absolute atomic E-state index is 0.173. The number of hydrogen-bond acceptors (Lipinski definition) is 4. The highest BCUT2D eigenvalue weighted by molar-refractivity contribution is 5.80. The molecule has 142 valence electrons. The molecule has 0 aliphatic carbocycles. The first-order valence-corrected chi connectivity index (χ1v) is 8.87. The SMILES string of the molecule is C#CCOc1ccc(CCNC(=O)C(O)CCc2ccccc2)cc1OC. The van der Waals surface area contributed by atoms with Gasteiger partial charge in [-0.25, -0.2) is 0 Å². The van der Waals surface area contributed by atoms with Gasteiger partial charge >= 0.3 is 0 Å². The standard InChI is InChI=1S/C22H25NO4/c1-3-15-27-20-12-10-18(16-21(20)26-2)13-14-23-22(25)19(24)11-9-17-7-5-4-6-8-17/h1,4-8,10,12,16,19,24H,9,11,13-15H2,2H3,(H,23,25). The van der Waals surface area contributed by atoms with Gasteiger partial charge in [0.2, 0.25) is 5.91 Å². The van der Waals surface area contributed by atoms with Crippen LogP contribution in [0.5, 0.6) is 11.5 Å². The molecule has 2 aromatic carbocycles. The lowest BCUT2D eigenvalue weighted by atomic mass is 10.1. The van der Waals surface area contributed by atoms with Gasteiger partial charge in [0.25, 0.3) is 0 Å². The Morgan fingerprint density at radius 3 is 2.63 bits per heavy atom. The van der Waals surface area contributed by atoms with Gasteiger partial charge in [0, 0.05) is 6.54 Å². The summed E-state index contributed by atoms with van der Waals surface area (Å²) in [5.74, 6) is 3.23. The van der Waals surface area contributed by atoms with Crippen LogP contribution in [0.3, 0.4) is 0 Å². The van der Waals surface area contributed by atoms with Crippen LogP contribution in [-0.2, 0) is 17.6 Å². The van der Waals surface area contributed by atoms with Gasteiger partial charge in [-0.2, -0.15) is 0 Å². The van der Waals surface area contributed by atoms with E-state index in [1.165, 1.54) is 0 Å². The average molecular weight is 367 g/mol. The second-order valence-electron chi connectivity index (χ2n) is 6.06. The van der Waals surface area contributed by atoms with Crippen molar-refractivity contribution in [2.45, 2.75) is 25.4 Å². The van der Waals surface area contributed by atoms with Crippen LogP contribution in [0.15, 0.2) is 48.5 Å². The molecule has 0 heterocycles. The summed E-state index contributed by atoms with van der Waals surface area (Å²) in [7, 11) is 1.56. The number of nitrogens with one attached hydrogen (secondary N) is 1. The number of methoxy groups -OCH3 is 1. The molecule has 0 saturated carbocycles. The summed E-state index contributed by atoms with van der Waals surface area (Å²) in [5, 5.41) is 12.8. The van der Waals surface area contributed by atoms with Crippen molar-refractivity contribution < 1.29 is 19.4 Å². The molecule has 5 nitrogen and oxygen atoms in total. The molecule has 5 heteroatoms. The number of carbonyl (C=O) groups is 1. The molecule has 27 heavy (non-hydrogen) atoms. The fraction of sp³-hybridized carbons (Fsp3) is 0.318. The van der Waals surface area contributed by atoms with Crippen molar-refractivity contribution in [3.63, 3.8) is 0 Å². The lowest BCUT2D eigenvalue weighted by Crippen LogP contribution is -2.36. The predicted molar refractivity (Wildman–Crippen MR) is 105 cm³/mol. The van der Waals surface area contributed by atoms with Gasteiger partial charge in [0.1, 0.15) is 12.7 Å². The number of aryl methyl sites for hydroxylation is 1. The third-order valence-corrected chi connectivity index (χ3v) is 4.10. The zero-order valence-electron chi connectivity index (χ0n) is 15.5. The number of amides is 1. The third-order valence-electron chi connectivity index (χ3n) is 4.10. The summed E-state index contributed by atoms with van der Waals surface area (Å²) < 4.78 is 10.7. The zero-order valence-corrected chi connectivity index (χ0v) is 15.5. The Morgan fingerprint density at radius 2 is 1.93 bits per heavy atom. The van der Waals surface area contributed by atoms with Gasteiger partial charge in [-0.05, 0) is 42.5 Å². The highest BCUT2D eigenvalue weighted by atomic mass is 16.5. The Balaban J connectivity index is 1.77. The Bertz CT molecular complexity index is 768. The van der Waals surface area contributed by atoms with Crippen molar-refractivity contribution in [1.82, 2.24) is 5.32 Å². The summed E-state index contributed by atoms with van der Waals surface area (Å²) in [6, 6.07) is 15.3. The van der Waals surface area contributed by atoms with Crippen LogP contribution >= 0.6 is 0 Å². The third kappa shape index (κ3) is 6.69. The summed E-state index contributed by atoms with van der Waals surface area (Å²) in [6.45, 7) is 0.599. The highest BCUT2D eigenvalue weighted by Crippen LogP contribution is 2.28. The van der Waals surface area contributed by atoms with Gasteiger partial charge in [0.15, 0.2) is 11.5 Å².